The van der Waals surface area contributed by atoms with Crippen LogP contribution in [0.1, 0.15) is 33.1 Å². The number of hydrogen-bond donors (Lipinski definition) is 2. The molecule has 100 valence electrons. The summed E-state index contributed by atoms with van der Waals surface area (Å²) in [5, 5.41) is 6.24. The van der Waals surface area contributed by atoms with Gasteiger partial charge in [-0.15, -0.1) is 0 Å². The van der Waals surface area contributed by atoms with E-state index in [9.17, 15) is 4.79 Å². The molecule has 1 aliphatic heterocycles. The molecule has 2 N–H and O–H groups in total. The van der Waals surface area contributed by atoms with Crippen LogP contribution in [0.25, 0.3) is 0 Å². The fourth-order valence-electron chi connectivity index (χ4n) is 1.98. The number of unbranched alkanes of at least 4 members (excludes halogenated alkanes) is 1. The van der Waals surface area contributed by atoms with Crippen LogP contribution in [0.15, 0.2) is 0 Å². The van der Waals surface area contributed by atoms with Gasteiger partial charge in [0.1, 0.15) is 0 Å². The molecule has 0 aliphatic carbocycles. The van der Waals surface area contributed by atoms with Crippen LogP contribution in [0.4, 0.5) is 0 Å². The maximum Gasteiger partial charge on any atom is 0.224 e. The van der Waals surface area contributed by atoms with Gasteiger partial charge in [0.2, 0.25) is 5.91 Å². The molecule has 0 bridgehead atoms. The van der Waals surface area contributed by atoms with E-state index in [1.165, 1.54) is 0 Å². The maximum atomic E-state index is 11.7. The molecule has 1 aliphatic rings. The van der Waals surface area contributed by atoms with Crippen molar-refractivity contribution < 1.29 is 4.79 Å². The Morgan fingerprint density at radius 2 is 2.24 bits per heavy atom. The van der Waals surface area contributed by atoms with Crippen molar-refractivity contribution in [3.63, 3.8) is 0 Å². The van der Waals surface area contributed by atoms with Gasteiger partial charge in [0.05, 0.1) is 5.92 Å². The van der Waals surface area contributed by atoms with Gasteiger partial charge < -0.3 is 15.5 Å². The molecule has 0 aromatic carbocycles. The van der Waals surface area contributed by atoms with Crippen molar-refractivity contribution in [2.45, 2.75) is 39.2 Å². The largest absolute Gasteiger partial charge is 0.356 e. The lowest BCUT2D eigenvalue weighted by Gasteiger charge is -2.20. The minimum absolute atomic E-state index is 0.202. The number of nitrogens with one attached hydrogen (secondary N) is 2. The van der Waals surface area contributed by atoms with E-state index in [0.29, 0.717) is 6.04 Å². The van der Waals surface area contributed by atoms with Crippen LogP contribution in [0, 0.1) is 5.92 Å². The van der Waals surface area contributed by atoms with E-state index in [1.54, 1.807) is 0 Å². The zero-order chi connectivity index (χ0) is 12.7. The van der Waals surface area contributed by atoms with E-state index < -0.39 is 0 Å². The average molecular weight is 241 g/mol. The van der Waals surface area contributed by atoms with Gasteiger partial charge in [-0.2, -0.15) is 0 Å². The summed E-state index contributed by atoms with van der Waals surface area (Å²) in [6.45, 7) is 8.17. The van der Waals surface area contributed by atoms with E-state index in [2.05, 4.69) is 36.4 Å². The van der Waals surface area contributed by atoms with E-state index in [-0.39, 0.29) is 11.8 Å². The predicted molar refractivity (Wildman–Crippen MR) is 71.0 cm³/mol. The standard InChI is InChI=1S/C13H27N3O/c1-11(2)16(3)9-5-4-7-15-13(17)12-6-8-14-10-12/h11-12,14H,4-10H2,1-3H3,(H,15,17). The van der Waals surface area contributed by atoms with Crippen LogP contribution in [-0.4, -0.2) is 50.1 Å². The first-order chi connectivity index (χ1) is 8.11. The molecule has 0 radical (unpaired) electrons. The summed E-state index contributed by atoms with van der Waals surface area (Å²) in [5.41, 5.74) is 0. The third kappa shape index (κ3) is 5.50. The van der Waals surface area contributed by atoms with E-state index in [4.69, 9.17) is 0 Å². The van der Waals surface area contributed by atoms with E-state index in [0.717, 1.165) is 45.4 Å². The van der Waals surface area contributed by atoms with Crippen molar-refractivity contribution in [2.24, 2.45) is 5.92 Å². The molecular weight excluding hydrogens is 214 g/mol. The summed E-state index contributed by atoms with van der Waals surface area (Å²) in [4.78, 5) is 14.0. The van der Waals surface area contributed by atoms with Gasteiger partial charge in [-0.3, -0.25) is 4.79 Å². The summed E-state index contributed by atoms with van der Waals surface area (Å²) in [6, 6.07) is 0.606. The Labute approximate surface area is 105 Å². The molecule has 1 atom stereocenters. The fraction of sp³-hybridized carbons (Fsp3) is 0.923. The Bertz CT molecular complexity index is 225. The third-order valence-corrected chi connectivity index (χ3v) is 3.55. The minimum atomic E-state index is 0.202. The number of carbonyl (C=O) groups excluding carboxylic acids is 1. The fourth-order valence-corrected chi connectivity index (χ4v) is 1.98. The molecule has 0 spiro atoms. The number of amides is 1. The smallest absolute Gasteiger partial charge is 0.224 e. The Balaban J connectivity index is 1.98. The van der Waals surface area contributed by atoms with E-state index >= 15 is 0 Å². The first kappa shape index (κ1) is 14.5. The highest BCUT2D eigenvalue weighted by atomic mass is 16.1. The molecular formula is C13H27N3O. The van der Waals surface area contributed by atoms with Crippen LogP contribution in [0.5, 0.6) is 0 Å². The van der Waals surface area contributed by atoms with Crippen molar-refractivity contribution >= 4 is 5.91 Å². The zero-order valence-corrected chi connectivity index (χ0v) is 11.5. The van der Waals surface area contributed by atoms with E-state index in [1.807, 2.05) is 0 Å². The first-order valence-electron chi connectivity index (χ1n) is 6.80. The van der Waals surface area contributed by atoms with Crippen molar-refractivity contribution in [3.05, 3.63) is 0 Å². The van der Waals surface area contributed by atoms with Crippen molar-refractivity contribution in [3.8, 4) is 0 Å². The molecule has 0 aromatic heterocycles. The minimum Gasteiger partial charge on any atom is -0.356 e. The van der Waals surface area contributed by atoms with Gasteiger partial charge in [-0.25, -0.2) is 0 Å². The zero-order valence-electron chi connectivity index (χ0n) is 11.5. The molecule has 17 heavy (non-hydrogen) atoms. The van der Waals surface area contributed by atoms with Crippen LogP contribution >= 0.6 is 0 Å². The number of nitrogens with zero attached hydrogens (tertiary/aromatic N) is 1. The summed E-state index contributed by atoms with van der Waals surface area (Å²) >= 11 is 0. The second-order valence-electron chi connectivity index (χ2n) is 5.26. The number of rotatable bonds is 7. The van der Waals surface area contributed by atoms with Crippen LogP contribution in [0.2, 0.25) is 0 Å². The van der Waals surface area contributed by atoms with Crippen molar-refractivity contribution in [2.75, 3.05) is 33.2 Å². The monoisotopic (exact) mass is 241 g/mol. The maximum absolute atomic E-state index is 11.7. The van der Waals surface area contributed by atoms with Crippen LogP contribution < -0.4 is 10.6 Å². The molecule has 0 aromatic rings. The lowest BCUT2D eigenvalue weighted by atomic mass is 10.1. The Hall–Kier alpha value is -0.610. The SMILES string of the molecule is CC(C)N(C)CCCCNC(=O)C1CCNC1. The topological polar surface area (TPSA) is 44.4 Å². The highest BCUT2D eigenvalue weighted by molar-refractivity contribution is 5.79. The van der Waals surface area contributed by atoms with Crippen molar-refractivity contribution in [1.29, 1.82) is 0 Å². The van der Waals surface area contributed by atoms with Crippen LogP contribution in [-0.2, 0) is 4.79 Å². The first-order valence-corrected chi connectivity index (χ1v) is 6.80. The second kappa shape index (κ2) is 7.67. The lowest BCUT2D eigenvalue weighted by molar-refractivity contribution is -0.124. The summed E-state index contributed by atoms with van der Waals surface area (Å²) in [5.74, 6) is 0.431. The molecule has 1 fully saturated rings. The number of hydrogen-bond acceptors (Lipinski definition) is 3. The molecule has 1 amide bonds. The highest BCUT2D eigenvalue weighted by Crippen LogP contribution is 2.06. The van der Waals surface area contributed by atoms with Gasteiger partial charge in [0.15, 0.2) is 0 Å². The normalized spacial score (nSPS) is 20.2. The predicted octanol–water partition coefficient (Wildman–Crippen LogP) is 0.833. The van der Waals surface area contributed by atoms with Gasteiger partial charge in [0.25, 0.3) is 0 Å². The number of carbonyl (C=O) groups is 1. The van der Waals surface area contributed by atoms with Gasteiger partial charge in [0, 0.05) is 19.1 Å². The van der Waals surface area contributed by atoms with Crippen molar-refractivity contribution in [1.82, 2.24) is 15.5 Å². The van der Waals surface area contributed by atoms with Gasteiger partial charge in [-0.05, 0) is 53.2 Å². The molecule has 1 rings (SSSR count). The second-order valence-corrected chi connectivity index (χ2v) is 5.26. The lowest BCUT2D eigenvalue weighted by Crippen LogP contribution is -2.33. The summed E-state index contributed by atoms with van der Waals surface area (Å²) in [6.07, 6.45) is 3.21. The Kier molecular flexibility index (Phi) is 6.52. The summed E-state index contributed by atoms with van der Waals surface area (Å²) in [7, 11) is 2.15. The molecule has 1 saturated heterocycles. The van der Waals surface area contributed by atoms with Gasteiger partial charge >= 0.3 is 0 Å². The quantitative estimate of drug-likeness (QED) is 0.649. The highest BCUT2D eigenvalue weighted by Gasteiger charge is 2.21. The molecule has 4 heteroatoms. The Morgan fingerprint density at radius 1 is 1.47 bits per heavy atom. The average Bonchev–Trinajstić information content (AvgIpc) is 2.81. The molecule has 1 unspecified atom stereocenters. The molecule has 0 saturated carbocycles. The van der Waals surface area contributed by atoms with Gasteiger partial charge in [-0.1, -0.05) is 0 Å². The third-order valence-electron chi connectivity index (χ3n) is 3.55. The van der Waals surface area contributed by atoms with Crippen LogP contribution in [0.3, 0.4) is 0 Å². The molecule has 4 nitrogen and oxygen atoms in total. The Morgan fingerprint density at radius 3 is 2.82 bits per heavy atom. The molecule has 1 heterocycles. The summed E-state index contributed by atoms with van der Waals surface area (Å²) < 4.78 is 0.